The lowest BCUT2D eigenvalue weighted by Crippen LogP contribution is -1.98. The monoisotopic (exact) mass is 176 g/mol. The van der Waals surface area contributed by atoms with E-state index in [4.69, 9.17) is 5.41 Å². The molecule has 0 atom stereocenters. The fourth-order valence-corrected chi connectivity index (χ4v) is 1.56. The Morgan fingerprint density at radius 1 is 1.38 bits per heavy atom. The normalized spacial score (nSPS) is 19.3. The number of aliphatic imine (C=N–C) groups is 1. The average Bonchev–Trinajstić information content (AvgIpc) is 2.47. The van der Waals surface area contributed by atoms with Crippen molar-refractivity contribution in [2.24, 2.45) is 4.99 Å². The van der Waals surface area contributed by atoms with Crippen LogP contribution in [0.5, 0.6) is 0 Å². The van der Waals surface area contributed by atoms with Crippen molar-refractivity contribution >= 4 is 11.5 Å². The predicted octanol–water partition coefficient (Wildman–Crippen LogP) is 3.11. The van der Waals surface area contributed by atoms with E-state index in [0.29, 0.717) is 5.84 Å². The van der Waals surface area contributed by atoms with Gasteiger partial charge in [-0.2, -0.15) is 0 Å². The first-order chi connectivity index (χ1) is 6.29. The smallest absolute Gasteiger partial charge is 0.152 e. The molecule has 1 aliphatic carbocycles. The molecule has 0 unspecified atom stereocenters. The van der Waals surface area contributed by atoms with Crippen LogP contribution in [0, 0.1) is 5.41 Å². The molecule has 0 radical (unpaired) electrons. The highest BCUT2D eigenvalue weighted by Gasteiger charge is 2.20. The zero-order valence-corrected chi connectivity index (χ0v) is 8.52. The van der Waals surface area contributed by atoms with Gasteiger partial charge in [0, 0.05) is 11.3 Å². The fourth-order valence-electron chi connectivity index (χ4n) is 1.56. The Kier molecular flexibility index (Phi) is 3.18. The van der Waals surface area contributed by atoms with Gasteiger partial charge in [0.2, 0.25) is 0 Å². The van der Waals surface area contributed by atoms with Gasteiger partial charge in [0.05, 0.1) is 0 Å². The summed E-state index contributed by atoms with van der Waals surface area (Å²) in [4.78, 5) is 4.11. The van der Waals surface area contributed by atoms with E-state index in [2.05, 4.69) is 11.1 Å². The second kappa shape index (κ2) is 4.17. The van der Waals surface area contributed by atoms with Crippen LogP contribution in [0.25, 0.3) is 0 Å². The van der Waals surface area contributed by atoms with Crippen LogP contribution in [0.1, 0.15) is 33.6 Å². The third-order valence-corrected chi connectivity index (χ3v) is 2.14. The van der Waals surface area contributed by atoms with E-state index < -0.39 is 0 Å². The maximum Gasteiger partial charge on any atom is 0.152 e. The highest BCUT2D eigenvalue weighted by molar-refractivity contribution is 6.21. The Hall–Kier alpha value is -1.18. The van der Waals surface area contributed by atoms with Crippen LogP contribution in [-0.2, 0) is 0 Å². The van der Waals surface area contributed by atoms with Crippen LogP contribution in [0.2, 0.25) is 0 Å². The van der Waals surface area contributed by atoms with Gasteiger partial charge in [-0.3, -0.25) is 5.41 Å². The first kappa shape index (κ1) is 9.90. The van der Waals surface area contributed by atoms with Gasteiger partial charge in [0.25, 0.3) is 0 Å². The van der Waals surface area contributed by atoms with E-state index in [1.54, 1.807) is 0 Å². The van der Waals surface area contributed by atoms with E-state index in [-0.39, 0.29) is 0 Å². The van der Waals surface area contributed by atoms with E-state index in [1.165, 1.54) is 5.57 Å². The SMILES string of the molecule is CC.CC1=NC(=N)C2=C1CCC=C2. The Bertz CT molecular complexity index is 306. The molecule has 0 saturated heterocycles. The first-order valence-electron chi connectivity index (χ1n) is 4.83. The molecule has 0 amide bonds. The van der Waals surface area contributed by atoms with Crippen LogP contribution in [0.15, 0.2) is 28.3 Å². The number of rotatable bonds is 0. The molecular formula is C11H16N2. The molecule has 1 aliphatic heterocycles. The van der Waals surface area contributed by atoms with Gasteiger partial charge < -0.3 is 0 Å². The molecule has 2 rings (SSSR count). The Balaban J connectivity index is 0.000000396. The number of allylic oxidation sites excluding steroid dienone is 2. The fraction of sp³-hybridized carbons (Fsp3) is 0.455. The molecule has 0 aromatic rings. The molecule has 0 aromatic heterocycles. The number of hydrogen-bond donors (Lipinski definition) is 1. The standard InChI is InChI=1S/C9H10N2.C2H6/c1-6-7-4-2-3-5-8(7)9(10)11-6;1-2/h3,5,10H,2,4H2,1H3;1-2H3. The molecule has 2 nitrogen and oxygen atoms in total. The maximum absolute atomic E-state index is 7.51. The third kappa shape index (κ3) is 1.77. The molecule has 0 aromatic carbocycles. The van der Waals surface area contributed by atoms with E-state index in [9.17, 15) is 0 Å². The Labute approximate surface area is 79.6 Å². The van der Waals surface area contributed by atoms with Crippen molar-refractivity contribution < 1.29 is 0 Å². The van der Waals surface area contributed by atoms with Gasteiger partial charge >= 0.3 is 0 Å². The summed E-state index contributed by atoms with van der Waals surface area (Å²) in [5, 5.41) is 7.51. The molecule has 13 heavy (non-hydrogen) atoms. The minimum absolute atomic E-state index is 0.438. The second-order valence-electron chi connectivity index (χ2n) is 2.88. The zero-order valence-electron chi connectivity index (χ0n) is 8.52. The summed E-state index contributed by atoms with van der Waals surface area (Å²) >= 11 is 0. The summed E-state index contributed by atoms with van der Waals surface area (Å²) in [5.41, 5.74) is 3.35. The van der Waals surface area contributed by atoms with Crippen molar-refractivity contribution in [1.29, 1.82) is 5.41 Å². The van der Waals surface area contributed by atoms with E-state index in [0.717, 1.165) is 24.1 Å². The maximum atomic E-state index is 7.51. The van der Waals surface area contributed by atoms with Gasteiger partial charge in [-0.05, 0) is 25.3 Å². The number of hydrogen-bond acceptors (Lipinski definition) is 1. The molecule has 1 heterocycles. The van der Waals surface area contributed by atoms with Crippen molar-refractivity contribution in [3.8, 4) is 0 Å². The van der Waals surface area contributed by atoms with Crippen LogP contribution < -0.4 is 0 Å². The lowest BCUT2D eigenvalue weighted by atomic mass is 9.96. The lowest BCUT2D eigenvalue weighted by Gasteiger charge is -2.06. The largest absolute Gasteiger partial charge is 0.282 e. The molecular weight excluding hydrogens is 160 g/mol. The lowest BCUT2D eigenvalue weighted by molar-refractivity contribution is 0.999. The minimum Gasteiger partial charge on any atom is -0.282 e. The van der Waals surface area contributed by atoms with Crippen molar-refractivity contribution in [3.63, 3.8) is 0 Å². The summed E-state index contributed by atoms with van der Waals surface area (Å²) in [7, 11) is 0. The molecule has 0 spiro atoms. The van der Waals surface area contributed by atoms with Crippen LogP contribution >= 0.6 is 0 Å². The highest BCUT2D eigenvalue weighted by atomic mass is 14.9. The molecule has 2 aliphatic rings. The Morgan fingerprint density at radius 3 is 2.69 bits per heavy atom. The summed E-state index contributed by atoms with van der Waals surface area (Å²) in [5.74, 6) is 0.438. The Morgan fingerprint density at radius 2 is 2.08 bits per heavy atom. The number of nitrogens with zero attached hydrogens (tertiary/aromatic N) is 1. The molecule has 0 fully saturated rings. The second-order valence-corrected chi connectivity index (χ2v) is 2.88. The van der Waals surface area contributed by atoms with Gasteiger partial charge in [-0.1, -0.05) is 26.0 Å². The molecule has 70 valence electrons. The first-order valence-corrected chi connectivity index (χ1v) is 4.83. The zero-order chi connectivity index (χ0) is 9.84. The molecule has 2 heteroatoms. The average molecular weight is 176 g/mol. The summed E-state index contributed by atoms with van der Waals surface area (Å²) in [6.45, 7) is 5.98. The van der Waals surface area contributed by atoms with Gasteiger partial charge in [0.1, 0.15) is 0 Å². The molecule has 1 N–H and O–H groups in total. The minimum atomic E-state index is 0.438. The third-order valence-electron chi connectivity index (χ3n) is 2.14. The summed E-state index contributed by atoms with van der Waals surface area (Å²) in [6.07, 6.45) is 6.28. The van der Waals surface area contributed by atoms with Crippen molar-refractivity contribution in [1.82, 2.24) is 0 Å². The quantitative estimate of drug-likeness (QED) is 0.588. The molecule has 0 bridgehead atoms. The number of nitrogens with one attached hydrogen (secondary N) is 1. The van der Waals surface area contributed by atoms with Crippen molar-refractivity contribution in [2.75, 3.05) is 0 Å². The highest BCUT2D eigenvalue weighted by Crippen LogP contribution is 2.26. The van der Waals surface area contributed by atoms with Gasteiger partial charge in [0.15, 0.2) is 5.84 Å². The number of amidine groups is 1. The van der Waals surface area contributed by atoms with Crippen molar-refractivity contribution in [3.05, 3.63) is 23.3 Å². The van der Waals surface area contributed by atoms with Gasteiger partial charge in [-0.15, -0.1) is 0 Å². The molecule has 0 saturated carbocycles. The van der Waals surface area contributed by atoms with Crippen LogP contribution in [0.4, 0.5) is 0 Å². The van der Waals surface area contributed by atoms with E-state index >= 15 is 0 Å². The van der Waals surface area contributed by atoms with E-state index in [1.807, 2.05) is 26.8 Å². The van der Waals surface area contributed by atoms with Crippen LogP contribution in [0.3, 0.4) is 0 Å². The summed E-state index contributed by atoms with van der Waals surface area (Å²) in [6, 6.07) is 0. The van der Waals surface area contributed by atoms with Crippen LogP contribution in [-0.4, -0.2) is 11.5 Å². The predicted molar refractivity (Wildman–Crippen MR) is 57.6 cm³/mol. The van der Waals surface area contributed by atoms with Gasteiger partial charge in [-0.25, -0.2) is 4.99 Å². The van der Waals surface area contributed by atoms with Crippen molar-refractivity contribution in [2.45, 2.75) is 33.6 Å². The summed E-state index contributed by atoms with van der Waals surface area (Å²) < 4.78 is 0. The topological polar surface area (TPSA) is 36.2 Å².